The van der Waals surface area contributed by atoms with Crippen molar-refractivity contribution in [3.63, 3.8) is 0 Å². The lowest BCUT2D eigenvalue weighted by Crippen LogP contribution is -2.29. The molecule has 0 saturated heterocycles. The van der Waals surface area contributed by atoms with Crippen LogP contribution < -0.4 is 16.0 Å². The molecule has 0 aliphatic carbocycles. The molecule has 0 aliphatic rings. The summed E-state index contributed by atoms with van der Waals surface area (Å²) in [7, 11) is 1.66. The van der Waals surface area contributed by atoms with Crippen LogP contribution in [0.3, 0.4) is 0 Å². The van der Waals surface area contributed by atoms with Crippen molar-refractivity contribution >= 4 is 43.5 Å². The molecule has 0 spiro atoms. The van der Waals surface area contributed by atoms with Gasteiger partial charge < -0.3 is 4.74 Å². The summed E-state index contributed by atoms with van der Waals surface area (Å²) in [5.41, 5.74) is 4.97. The second-order valence-electron chi connectivity index (χ2n) is 4.55. The second-order valence-corrected chi connectivity index (χ2v) is 6.73. The molecule has 1 atom stereocenters. The number of nitrogens with one attached hydrogen (secondary N) is 1. The zero-order valence-electron chi connectivity index (χ0n) is 11.4. The van der Waals surface area contributed by atoms with Gasteiger partial charge in [0.1, 0.15) is 5.75 Å². The topological polar surface area (TPSA) is 47.3 Å². The summed E-state index contributed by atoms with van der Waals surface area (Å²) < 4.78 is 7.26. The highest BCUT2D eigenvalue weighted by Gasteiger charge is 2.15. The van der Waals surface area contributed by atoms with Gasteiger partial charge in [0.15, 0.2) is 0 Å². The molecule has 6 heteroatoms. The predicted octanol–water partition coefficient (Wildman–Crippen LogP) is 4.62. The smallest absolute Gasteiger partial charge is 0.122 e. The number of ether oxygens (including phenoxy) is 1. The lowest BCUT2D eigenvalue weighted by atomic mass is 9.99. The van der Waals surface area contributed by atoms with Gasteiger partial charge in [-0.2, -0.15) is 0 Å². The highest BCUT2D eigenvalue weighted by Crippen LogP contribution is 2.30. The number of nitrogens with two attached hydrogens (primary N) is 1. The first-order chi connectivity index (χ1) is 10.0. The van der Waals surface area contributed by atoms with Crippen molar-refractivity contribution in [3.8, 4) is 5.75 Å². The van der Waals surface area contributed by atoms with Gasteiger partial charge in [0.25, 0.3) is 0 Å². The van der Waals surface area contributed by atoms with E-state index in [1.165, 1.54) is 0 Å². The molecular weight excluding hydrogens is 419 g/mol. The van der Waals surface area contributed by atoms with E-state index in [1.54, 1.807) is 7.11 Å². The van der Waals surface area contributed by atoms with Crippen LogP contribution in [0.4, 0.5) is 0 Å². The first-order valence-electron chi connectivity index (χ1n) is 6.28. The normalized spacial score (nSPS) is 12.2. The van der Waals surface area contributed by atoms with Gasteiger partial charge in [0.05, 0.1) is 18.2 Å². The minimum absolute atomic E-state index is 0.0400. The maximum Gasteiger partial charge on any atom is 0.122 e. The molecule has 21 heavy (non-hydrogen) atoms. The Morgan fingerprint density at radius 1 is 1.24 bits per heavy atom. The van der Waals surface area contributed by atoms with Crippen LogP contribution in [-0.4, -0.2) is 7.11 Å². The molecule has 3 nitrogen and oxygen atoms in total. The molecule has 0 aliphatic heterocycles. The van der Waals surface area contributed by atoms with Gasteiger partial charge >= 0.3 is 0 Å². The van der Waals surface area contributed by atoms with Crippen molar-refractivity contribution in [2.45, 2.75) is 12.5 Å². The maximum absolute atomic E-state index is 6.03. The number of halogens is 3. The fraction of sp³-hybridized carbons (Fsp3) is 0.200. The Morgan fingerprint density at radius 3 is 2.62 bits per heavy atom. The summed E-state index contributed by atoms with van der Waals surface area (Å²) in [5, 5.41) is 0.676. The van der Waals surface area contributed by atoms with E-state index in [4.69, 9.17) is 22.2 Å². The zero-order valence-corrected chi connectivity index (χ0v) is 15.3. The first-order valence-corrected chi connectivity index (χ1v) is 8.25. The third kappa shape index (κ3) is 4.20. The average Bonchev–Trinajstić information content (AvgIpc) is 2.48. The Hall–Kier alpha value is -0.590. The maximum atomic E-state index is 6.03. The monoisotopic (exact) mass is 432 g/mol. The van der Waals surface area contributed by atoms with Crippen LogP contribution in [0.2, 0.25) is 5.02 Å². The van der Waals surface area contributed by atoms with E-state index in [2.05, 4.69) is 37.3 Å². The van der Waals surface area contributed by atoms with Crippen LogP contribution in [0.15, 0.2) is 45.3 Å². The minimum Gasteiger partial charge on any atom is -0.496 e. The van der Waals surface area contributed by atoms with Crippen molar-refractivity contribution in [1.29, 1.82) is 0 Å². The molecule has 1 unspecified atom stereocenters. The summed E-state index contributed by atoms with van der Waals surface area (Å²) in [4.78, 5) is 0. The molecule has 2 aromatic carbocycles. The van der Waals surface area contributed by atoms with Gasteiger partial charge in [-0.15, -0.1) is 0 Å². The number of hydrogen-bond donors (Lipinski definition) is 2. The van der Waals surface area contributed by atoms with Gasteiger partial charge in [-0.3, -0.25) is 11.3 Å². The molecule has 2 aromatic rings. The Balaban J connectivity index is 2.30. The number of hydrazine groups is 1. The Kier molecular flexibility index (Phi) is 6.08. The van der Waals surface area contributed by atoms with E-state index in [0.717, 1.165) is 25.8 Å². The molecule has 0 bridgehead atoms. The van der Waals surface area contributed by atoms with Gasteiger partial charge in [-0.1, -0.05) is 33.6 Å². The lowest BCUT2D eigenvalue weighted by molar-refractivity contribution is 0.405. The molecule has 0 amide bonds. The summed E-state index contributed by atoms with van der Waals surface area (Å²) >= 11 is 13.0. The van der Waals surface area contributed by atoms with Crippen molar-refractivity contribution in [2.75, 3.05) is 7.11 Å². The summed E-state index contributed by atoms with van der Waals surface area (Å²) in [5.74, 6) is 6.56. The summed E-state index contributed by atoms with van der Waals surface area (Å²) in [6.07, 6.45) is 0.702. The Labute approximate surface area is 146 Å². The van der Waals surface area contributed by atoms with Crippen molar-refractivity contribution in [3.05, 3.63) is 61.5 Å². The molecule has 0 heterocycles. The Bertz CT molecular complexity index is 637. The predicted molar refractivity (Wildman–Crippen MR) is 93.6 cm³/mol. The van der Waals surface area contributed by atoms with Gasteiger partial charge in [0.2, 0.25) is 0 Å². The van der Waals surface area contributed by atoms with Crippen molar-refractivity contribution < 1.29 is 4.74 Å². The highest BCUT2D eigenvalue weighted by atomic mass is 79.9. The average molecular weight is 435 g/mol. The molecule has 0 fully saturated rings. The summed E-state index contributed by atoms with van der Waals surface area (Å²) in [6, 6.07) is 11.7. The van der Waals surface area contributed by atoms with Crippen molar-refractivity contribution in [2.24, 2.45) is 5.84 Å². The fourth-order valence-electron chi connectivity index (χ4n) is 2.13. The van der Waals surface area contributed by atoms with Crippen LogP contribution in [0.25, 0.3) is 0 Å². The van der Waals surface area contributed by atoms with E-state index in [9.17, 15) is 0 Å². The highest BCUT2D eigenvalue weighted by molar-refractivity contribution is 9.10. The molecule has 0 radical (unpaired) electrons. The SMILES string of the molecule is COc1ccc(Br)cc1CC(NN)c1ccc(Cl)c(Br)c1. The van der Waals surface area contributed by atoms with Crippen LogP contribution in [-0.2, 0) is 6.42 Å². The van der Waals surface area contributed by atoms with Gasteiger partial charge in [0, 0.05) is 8.95 Å². The number of hydrogen-bond acceptors (Lipinski definition) is 3. The molecule has 3 N–H and O–H groups in total. The van der Waals surface area contributed by atoms with Crippen LogP contribution in [0, 0.1) is 0 Å². The number of benzene rings is 2. The summed E-state index contributed by atoms with van der Waals surface area (Å²) in [6.45, 7) is 0. The van der Waals surface area contributed by atoms with E-state index >= 15 is 0 Å². The standard InChI is InChI=1S/C15H15Br2ClN2O/c1-21-15-5-3-11(16)6-10(15)8-14(20-19)9-2-4-13(18)12(17)7-9/h2-7,14,20H,8,19H2,1H3. The lowest BCUT2D eigenvalue weighted by Gasteiger charge is -2.19. The van der Waals surface area contributed by atoms with Crippen LogP contribution >= 0.6 is 43.5 Å². The molecule has 0 aromatic heterocycles. The van der Waals surface area contributed by atoms with E-state index in [-0.39, 0.29) is 6.04 Å². The van der Waals surface area contributed by atoms with E-state index in [1.807, 2.05) is 36.4 Å². The number of methoxy groups -OCH3 is 1. The zero-order chi connectivity index (χ0) is 15.4. The molecular formula is C15H15Br2ClN2O. The molecule has 0 saturated carbocycles. The minimum atomic E-state index is -0.0400. The largest absolute Gasteiger partial charge is 0.496 e. The molecule has 112 valence electrons. The first kappa shape index (κ1) is 16.8. The van der Waals surface area contributed by atoms with Crippen molar-refractivity contribution in [1.82, 2.24) is 5.43 Å². The molecule has 2 rings (SSSR count). The van der Waals surface area contributed by atoms with E-state index in [0.29, 0.717) is 11.4 Å². The second kappa shape index (κ2) is 7.61. The van der Waals surface area contributed by atoms with Gasteiger partial charge in [-0.25, -0.2) is 0 Å². The number of rotatable bonds is 5. The van der Waals surface area contributed by atoms with Gasteiger partial charge in [-0.05, 0) is 63.8 Å². The Morgan fingerprint density at radius 2 is 2.00 bits per heavy atom. The quantitative estimate of drug-likeness (QED) is 0.533. The van der Waals surface area contributed by atoms with E-state index < -0.39 is 0 Å². The third-order valence-electron chi connectivity index (χ3n) is 3.21. The third-order valence-corrected chi connectivity index (χ3v) is 4.92. The van der Waals surface area contributed by atoms with Crippen LogP contribution in [0.5, 0.6) is 5.75 Å². The fourth-order valence-corrected chi connectivity index (χ4v) is 3.05. The van der Waals surface area contributed by atoms with Crippen LogP contribution in [0.1, 0.15) is 17.2 Å².